The average Bonchev–Trinajstić information content (AvgIpc) is 3.48. The summed E-state index contributed by atoms with van der Waals surface area (Å²) in [7, 11) is 1.56. The van der Waals surface area contributed by atoms with Crippen LogP contribution in [0, 0.1) is 10.1 Å². The number of benzene rings is 2. The number of aromatic nitrogens is 2. The zero-order valence-corrected chi connectivity index (χ0v) is 18.7. The van der Waals surface area contributed by atoms with E-state index in [1.54, 1.807) is 31.5 Å². The van der Waals surface area contributed by atoms with Gasteiger partial charge in [-0.15, -0.1) is 11.3 Å². The van der Waals surface area contributed by atoms with Gasteiger partial charge in [0.1, 0.15) is 5.75 Å². The van der Waals surface area contributed by atoms with Gasteiger partial charge in [-0.1, -0.05) is 42.5 Å². The molecular weight excluding hydrogens is 438 g/mol. The lowest BCUT2D eigenvalue weighted by molar-refractivity contribution is -0.389. The van der Waals surface area contributed by atoms with Crippen molar-refractivity contribution in [3.8, 4) is 5.75 Å². The van der Waals surface area contributed by atoms with Crippen molar-refractivity contribution in [3.05, 3.63) is 116 Å². The van der Waals surface area contributed by atoms with Crippen LogP contribution in [-0.4, -0.2) is 27.6 Å². The van der Waals surface area contributed by atoms with Crippen LogP contribution in [0.2, 0.25) is 0 Å². The minimum absolute atomic E-state index is 0.0561. The van der Waals surface area contributed by atoms with Crippen LogP contribution in [0.3, 0.4) is 0 Å². The molecule has 0 bridgehead atoms. The number of rotatable bonds is 9. The number of methoxy groups -OCH3 is 1. The van der Waals surface area contributed by atoms with Crippen molar-refractivity contribution in [2.45, 2.75) is 13.0 Å². The first kappa shape index (κ1) is 22.2. The molecule has 0 fully saturated rings. The molecule has 33 heavy (non-hydrogen) atoms. The molecule has 0 amide bonds. The Morgan fingerprint density at radius 1 is 1.15 bits per heavy atom. The third kappa shape index (κ3) is 5.61. The molecule has 166 valence electrons. The molecule has 0 aliphatic heterocycles. The Balaban J connectivity index is 1.46. The maximum absolute atomic E-state index is 12.7. The molecular formula is C25H21N3O4S. The van der Waals surface area contributed by atoms with Gasteiger partial charge in [-0.2, -0.15) is 4.68 Å². The molecule has 0 spiro atoms. The minimum atomic E-state index is -0.533. The van der Waals surface area contributed by atoms with Crippen LogP contribution in [0.4, 0.5) is 5.82 Å². The van der Waals surface area contributed by atoms with Crippen molar-refractivity contribution in [1.82, 2.24) is 9.78 Å². The molecule has 4 aromatic rings. The quantitative estimate of drug-likeness (QED) is 0.145. The smallest absolute Gasteiger partial charge is 0.389 e. The topological polar surface area (TPSA) is 87.3 Å². The molecule has 0 atom stereocenters. The van der Waals surface area contributed by atoms with Crippen molar-refractivity contribution in [2.75, 3.05) is 7.11 Å². The summed E-state index contributed by atoms with van der Waals surface area (Å²) in [5.74, 6) is 0.373. The Morgan fingerprint density at radius 3 is 2.70 bits per heavy atom. The van der Waals surface area contributed by atoms with Crippen LogP contribution < -0.4 is 4.74 Å². The van der Waals surface area contributed by atoms with Crippen molar-refractivity contribution in [1.29, 1.82) is 0 Å². The van der Waals surface area contributed by atoms with Gasteiger partial charge in [0.15, 0.2) is 5.78 Å². The Hall–Kier alpha value is -4.04. The third-order valence-electron chi connectivity index (χ3n) is 5.00. The highest BCUT2D eigenvalue weighted by atomic mass is 32.1. The molecule has 0 aliphatic rings. The van der Waals surface area contributed by atoms with E-state index in [1.165, 1.54) is 27.6 Å². The van der Waals surface area contributed by atoms with E-state index in [0.29, 0.717) is 17.2 Å². The zero-order valence-electron chi connectivity index (χ0n) is 17.9. The molecule has 0 saturated carbocycles. The third-order valence-corrected chi connectivity index (χ3v) is 6.10. The molecule has 8 heteroatoms. The first-order chi connectivity index (χ1) is 16.0. The lowest BCUT2D eigenvalue weighted by Gasteiger charge is -2.08. The summed E-state index contributed by atoms with van der Waals surface area (Å²) in [5, 5.41) is 14.8. The van der Waals surface area contributed by atoms with Gasteiger partial charge in [-0.05, 0) is 46.4 Å². The Labute approximate surface area is 194 Å². The molecule has 4 rings (SSSR count). The summed E-state index contributed by atoms with van der Waals surface area (Å²) in [6.45, 7) is 0.306. The number of allylic oxidation sites excluding steroid dienone is 1. The van der Waals surface area contributed by atoms with E-state index in [1.807, 2.05) is 42.5 Å². The molecule has 0 saturated heterocycles. The predicted octanol–water partition coefficient (Wildman–Crippen LogP) is 5.40. The molecule has 2 aromatic heterocycles. The molecule has 2 aromatic carbocycles. The largest absolute Gasteiger partial charge is 0.496 e. The average molecular weight is 460 g/mol. The monoisotopic (exact) mass is 459 g/mol. The first-order valence-electron chi connectivity index (χ1n) is 10.2. The van der Waals surface area contributed by atoms with Crippen molar-refractivity contribution >= 4 is 29.0 Å². The normalized spacial score (nSPS) is 11.1. The number of nitrogens with zero attached hydrogens (tertiary/aromatic N) is 3. The SMILES string of the molecule is COc1ccc(/C=C/C(=O)c2ccc(Cc3ccccc3)s2)cc1Cn1ccc([N+](=O)[O-])n1. The summed E-state index contributed by atoms with van der Waals surface area (Å²) in [5.41, 5.74) is 2.83. The highest BCUT2D eigenvalue weighted by Crippen LogP contribution is 2.24. The van der Waals surface area contributed by atoms with E-state index in [4.69, 9.17) is 4.74 Å². The van der Waals surface area contributed by atoms with Gasteiger partial charge in [0, 0.05) is 16.9 Å². The second-order valence-corrected chi connectivity index (χ2v) is 8.49. The Bertz CT molecular complexity index is 1310. The highest BCUT2D eigenvalue weighted by molar-refractivity contribution is 7.14. The number of carbonyl (C=O) groups is 1. The van der Waals surface area contributed by atoms with Crippen LogP contribution in [0.5, 0.6) is 5.75 Å². The maximum atomic E-state index is 12.7. The lowest BCUT2D eigenvalue weighted by atomic mass is 10.1. The molecule has 0 aliphatic carbocycles. The van der Waals surface area contributed by atoms with Crippen molar-refractivity contribution < 1.29 is 14.5 Å². The molecule has 0 unspecified atom stereocenters. The van der Waals surface area contributed by atoms with Gasteiger partial charge in [0.25, 0.3) is 0 Å². The second-order valence-electron chi connectivity index (χ2n) is 7.33. The fourth-order valence-electron chi connectivity index (χ4n) is 3.39. The van der Waals surface area contributed by atoms with Gasteiger partial charge < -0.3 is 14.9 Å². The number of thiophene rings is 1. The highest BCUT2D eigenvalue weighted by Gasteiger charge is 2.13. The summed E-state index contributed by atoms with van der Waals surface area (Å²) in [6, 6.07) is 20.9. The van der Waals surface area contributed by atoms with Crippen LogP contribution in [0.25, 0.3) is 6.08 Å². The summed E-state index contributed by atoms with van der Waals surface area (Å²) < 4.78 is 6.89. The number of nitro groups is 1. The maximum Gasteiger partial charge on any atom is 0.389 e. The molecule has 2 heterocycles. The minimum Gasteiger partial charge on any atom is -0.496 e. The van der Waals surface area contributed by atoms with Gasteiger partial charge in [0.05, 0.1) is 35.9 Å². The van der Waals surface area contributed by atoms with Crippen LogP contribution in [-0.2, 0) is 13.0 Å². The Kier molecular flexibility index (Phi) is 6.75. The van der Waals surface area contributed by atoms with Crippen molar-refractivity contribution in [3.63, 3.8) is 0 Å². The van der Waals surface area contributed by atoms with E-state index in [2.05, 4.69) is 17.2 Å². The van der Waals surface area contributed by atoms with Gasteiger partial charge >= 0.3 is 5.82 Å². The fourth-order valence-corrected chi connectivity index (χ4v) is 4.36. The van der Waals surface area contributed by atoms with Crippen LogP contribution in [0.15, 0.2) is 79.0 Å². The summed E-state index contributed by atoms with van der Waals surface area (Å²) in [4.78, 5) is 24.8. The second kappa shape index (κ2) is 10.1. The summed E-state index contributed by atoms with van der Waals surface area (Å²) >= 11 is 1.50. The van der Waals surface area contributed by atoms with E-state index in [-0.39, 0.29) is 11.6 Å². The molecule has 0 radical (unpaired) electrons. The number of ketones is 1. The van der Waals surface area contributed by atoms with Crippen LogP contribution in [0.1, 0.15) is 31.2 Å². The number of carbonyl (C=O) groups excluding carboxylic acids is 1. The number of hydrogen-bond acceptors (Lipinski definition) is 6. The van der Waals surface area contributed by atoms with Gasteiger partial charge in [0.2, 0.25) is 0 Å². The standard InChI is InChI=1S/C25H21N3O4S/c1-32-23-11-8-19(15-20(23)17-27-14-13-25(26-27)28(30)31)7-10-22(29)24-12-9-21(33-24)16-18-5-3-2-4-6-18/h2-15H,16-17H2,1H3/b10-7+. The molecule has 0 N–H and O–H groups in total. The van der Waals surface area contributed by atoms with Crippen molar-refractivity contribution in [2.24, 2.45) is 0 Å². The zero-order chi connectivity index (χ0) is 23.2. The van der Waals surface area contributed by atoms with Gasteiger partial charge in [-0.25, -0.2) is 0 Å². The van der Waals surface area contributed by atoms with E-state index >= 15 is 0 Å². The molecule has 7 nitrogen and oxygen atoms in total. The predicted molar refractivity (Wildman–Crippen MR) is 128 cm³/mol. The summed E-state index contributed by atoms with van der Waals surface area (Å²) in [6.07, 6.45) is 5.67. The van der Waals surface area contributed by atoms with E-state index in [9.17, 15) is 14.9 Å². The van der Waals surface area contributed by atoms with E-state index in [0.717, 1.165) is 22.4 Å². The number of hydrogen-bond donors (Lipinski definition) is 0. The van der Waals surface area contributed by atoms with Crippen LogP contribution >= 0.6 is 11.3 Å². The Morgan fingerprint density at radius 2 is 1.97 bits per heavy atom. The lowest BCUT2D eigenvalue weighted by Crippen LogP contribution is -2.03. The fraction of sp³-hybridized carbons (Fsp3) is 0.120. The van der Waals surface area contributed by atoms with E-state index < -0.39 is 4.92 Å². The number of ether oxygens (including phenoxy) is 1. The van der Waals surface area contributed by atoms with Gasteiger partial charge in [-0.3, -0.25) is 4.79 Å². The first-order valence-corrected chi connectivity index (χ1v) is 11.0.